The zero-order valence-corrected chi connectivity index (χ0v) is 17.7. The van der Waals surface area contributed by atoms with Crippen LogP contribution in [0.3, 0.4) is 0 Å². The Bertz CT molecular complexity index is 1160. The number of benzene rings is 2. The maximum Gasteiger partial charge on any atom is 0.150 e. The van der Waals surface area contributed by atoms with Gasteiger partial charge in [0.15, 0.2) is 5.76 Å². The number of aryl methyl sites for hydroxylation is 1. The zero-order chi connectivity index (χ0) is 21.1. The van der Waals surface area contributed by atoms with E-state index >= 15 is 0 Å². The van der Waals surface area contributed by atoms with Gasteiger partial charge in [0, 0.05) is 23.6 Å². The Morgan fingerprint density at radius 2 is 1.77 bits per heavy atom. The number of nitrogens with zero attached hydrogens (tertiary/aromatic N) is 3. The van der Waals surface area contributed by atoms with Crippen LogP contribution in [-0.4, -0.2) is 36.3 Å². The number of fused-ring (bicyclic) bond motifs is 1. The summed E-state index contributed by atoms with van der Waals surface area (Å²) in [5, 5.41) is 4.72. The van der Waals surface area contributed by atoms with Crippen LogP contribution in [0, 0.1) is 6.92 Å². The van der Waals surface area contributed by atoms with Crippen molar-refractivity contribution in [3.63, 3.8) is 0 Å². The molecule has 6 heteroatoms. The quantitative estimate of drug-likeness (QED) is 0.440. The summed E-state index contributed by atoms with van der Waals surface area (Å²) in [5.74, 6) is 2.32. The van der Waals surface area contributed by atoms with Gasteiger partial charge in [-0.3, -0.25) is 4.90 Å². The number of hydrogen-bond donors (Lipinski definition) is 0. The molecule has 0 N–H and O–H groups in total. The van der Waals surface area contributed by atoms with Gasteiger partial charge in [-0.1, -0.05) is 28.9 Å². The number of ether oxygens (including phenoxy) is 2. The standard InChI is InChI=1S/C24H25N3O3/c1-16-6-5-7-17(12-16)23-18(14-27(2)15-19-10-11-25-30-19)13-20-21(28-3)8-9-22(29-4)24(20)26-23/h5-13H,14-15H2,1-4H3. The Morgan fingerprint density at radius 1 is 0.967 bits per heavy atom. The van der Waals surface area contributed by atoms with Crippen LogP contribution in [0.25, 0.3) is 22.2 Å². The molecule has 0 radical (unpaired) electrons. The van der Waals surface area contributed by atoms with E-state index in [9.17, 15) is 0 Å². The van der Waals surface area contributed by atoms with Crippen molar-refractivity contribution in [2.45, 2.75) is 20.0 Å². The number of hydrogen-bond acceptors (Lipinski definition) is 6. The summed E-state index contributed by atoms with van der Waals surface area (Å²) in [4.78, 5) is 7.22. The molecule has 0 spiro atoms. The first-order valence-corrected chi connectivity index (χ1v) is 9.79. The van der Waals surface area contributed by atoms with Crippen molar-refractivity contribution >= 4 is 10.9 Å². The normalized spacial score (nSPS) is 11.2. The van der Waals surface area contributed by atoms with Gasteiger partial charge in [-0.25, -0.2) is 4.98 Å². The Morgan fingerprint density at radius 3 is 2.47 bits per heavy atom. The topological polar surface area (TPSA) is 60.6 Å². The maximum absolute atomic E-state index is 5.60. The molecule has 2 heterocycles. The van der Waals surface area contributed by atoms with E-state index in [2.05, 4.69) is 54.4 Å². The Kier molecular flexibility index (Phi) is 5.68. The van der Waals surface area contributed by atoms with Crippen LogP contribution >= 0.6 is 0 Å². The molecule has 0 bridgehead atoms. The number of aromatic nitrogens is 2. The molecule has 0 aliphatic carbocycles. The predicted octanol–water partition coefficient (Wildman–Crippen LogP) is 4.85. The summed E-state index contributed by atoms with van der Waals surface area (Å²) in [6.07, 6.45) is 1.66. The van der Waals surface area contributed by atoms with Crippen LogP contribution in [0.1, 0.15) is 16.9 Å². The van der Waals surface area contributed by atoms with Gasteiger partial charge >= 0.3 is 0 Å². The van der Waals surface area contributed by atoms with Gasteiger partial charge in [-0.05, 0) is 43.8 Å². The molecule has 0 fully saturated rings. The molecule has 154 valence electrons. The third kappa shape index (κ3) is 4.00. The van der Waals surface area contributed by atoms with Crippen LogP contribution in [0.15, 0.2) is 59.3 Å². The Labute approximate surface area is 176 Å². The van der Waals surface area contributed by atoms with Crippen LogP contribution in [-0.2, 0) is 13.1 Å². The smallest absolute Gasteiger partial charge is 0.150 e. The molecule has 0 atom stereocenters. The van der Waals surface area contributed by atoms with Crippen LogP contribution < -0.4 is 9.47 Å². The van der Waals surface area contributed by atoms with Crippen LogP contribution in [0.5, 0.6) is 11.5 Å². The lowest BCUT2D eigenvalue weighted by Crippen LogP contribution is -2.18. The van der Waals surface area contributed by atoms with Gasteiger partial charge in [0.05, 0.1) is 32.7 Å². The zero-order valence-electron chi connectivity index (χ0n) is 17.7. The first kappa shape index (κ1) is 19.9. The molecule has 0 aliphatic heterocycles. The number of rotatable bonds is 7. The van der Waals surface area contributed by atoms with Crippen LogP contribution in [0.4, 0.5) is 0 Å². The van der Waals surface area contributed by atoms with E-state index < -0.39 is 0 Å². The molecular formula is C24H25N3O3. The second-order valence-corrected chi connectivity index (χ2v) is 7.38. The molecule has 4 rings (SSSR count). The summed E-state index contributed by atoms with van der Waals surface area (Å²) >= 11 is 0. The van der Waals surface area contributed by atoms with Crippen molar-refractivity contribution < 1.29 is 14.0 Å². The van der Waals surface area contributed by atoms with Crippen molar-refractivity contribution in [3.8, 4) is 22.8 Å². The molecule has 0 amide bonds. The monoisotopic (exact) mass is 403 g/mol. The Hall–Kier alpha value is -3.38. The van der Waals surface area contributed by atoms with Gasteiger partial charge in [0.1, 0.15) is 17.0 Å². The predicted molar refractivity (Wildman–Crippen MR) is 117 cm³/mol. The summed E-state index contributed by atoms with van der Waals surface area (Å²) in [6, 6.07) is 16.2. The van der Waals surface area contributed by atoms with Gasteiger partial charge in [-0.15, -0.1) is 0 Å². The molecule has 0 unspecified atom stereocenters. The van der Waals surface area contributed by atoms with E-state index in [-0.39, 0.29) is 0 Å². The highest BCUT2D eigenvalue weighted by Crippen LogP contribution is 2.36. The third-order valence-electron chi connectivity index (χ3n) is 5.07. The average Bonchev–Trinajstić information content (AvgIpc) is 3.25. The molecule has 0 saturated heterocycles. The van der Waals surface area contributed by atoms with Crippen molar-refractivity contribution in [3.05, 3.63) is 71.6 Å². The fourth-order valence-corrected chi connectivity index (χ4v) is 3.69. The Balaban J connectivity index is 1.85. The average molecular weight is 403 g/mol. The summed E-state index contributed by atoms with van der Waals surface area (Å²) < 4.78 is 16.5. The van der Waals surface area contributed by atoms with Crippen LogP contribution in [0.2, 0.25) is 0 Å². The van der Waals surface area contributed by atoms with Crippen molar-refractivity contribution in [1.82, 2.24) is 15.0 Å². The molecule has 30 heavy (non-hydrogen) atoms. The van der Waals surface area contributed by atoms with E-state index in [4.69, 9.17) is 19.0 Å². The minimum atomic E-state index is 0.653. The summed E-state index contributed by atoms with van der Waals surface area (Å²) in [6.45, 7) is 3.43. The SMILES string of the molecule is COc1ccc(OC)c2nc(-c3cccc(C)c3)c(CN(C)Cc3ccno3)cc12. The molecule has 0 aliphatic rings. The number of pyridine rings is 1. The molecular weight excluding hydrogens is 378 g/mol. The summed E-state index contributed by atoms with van der Waals surface area (Å²) in [5.41, 5.74) is 5.08. The van der Waals surface area contributed by atoms with E-state index in [1.54, 1.807) is 20.4 Å². The largest absolute Gasteiger partial charge is 0.496 e. The second kappa shape index (κ2) is 8.55. The van der Waals surface area contributed by atoms with Crippen molar-refractivity contribution in [2.75, 3.05) is 21.3 Å². The highest BCUT2D eigenvalue weighted by atomic mass is 16.5. The van der Waals surface area contributed by atoms with Gasteiger partial charge in [0.25, 0.3) is 0 Å². The third-order valence-corrected chi connectivity index (χ3v) is 5.07. The first-order valence-electron chi connectivity index (χ1n) is 9.79. The highest BCUT2D eigenvalue weighted by Gasteiger charge is 2.17. The molecule has 6 nitrogen and oxygen atoms in total. The van der Waals surface area contributed by atoms with Crippen molar-refractivity contribution in [1.29, 1.82) is 0 Å². The molecule has 2 aromatic heterocycles. The lowest BCUT2D eigenvalue weighted by atomic mass is 10.0. The maximum atomic E-state index is 5.60. The molecule has 2 aromatic carbocycles. The fraction of sp³-hybridized carbons (Fsp3) is 0.250. The number of methoxy groups -OCH3 is 2. The molecule has 4 aromatic rings. The lowest BCUT2D eigenvalue weighted by molar-refractivity contribution is 0.267. The van der Waals surface area contributed by atoms with E-state index in [1.807, 2.05) is 18.2 Å². The molecule has 0 saturated carbocycles. The van der Waals surface area contributed by atoms with Gasteiger partial charge in [-0.2, -0.15) is 0 Å². The first-order chi connectivity index (χ1) is 14.6. The van der Waals surface area contributed by atoms with Crippen molar-refractivity contribution in [2.24, 2.45) is 0 Å². The highest BCUT2D eigenvalue weighted by molar-refractivity contribution is 5.92. The van der Waals surface area contributed by atoms with E-state index in [0.29, 0.717) is 13.1 Å². The van der Waals surface area contributed by atoms with E-state index in [1.165, 1.54) is 5.56 Å². The summed E-state index contributed by atoms with van der Waals surface area (Å²) in [7, 11) is 5.38. The lowest BCUT2D eigenvalue weighted by Gasteiger charge is -2.19. The van der Waals surface area contributed by atoms with Gasteiger partial charge < -0.3 is 14.0 Å². The second-order valence-electron chi connectivity index (χ2n) is 7.38. The minimum absolute atomic E-state index is 0.653. The fourth-order valence-electron chi connectivity index (χ4n) is 3.69. The minimum Gasteiger partial charge on any atom is -0.496 e. The van der Waals surface area contributed by atoms with E-state index in [0.717, 1.165) is 45.0 Å². The van der Waals surface area contributed by atoms with Gasteiger partial charge in [0.2, 0.25) is 0 Å².